The van der Waals surface area contributed by atoms with E-state index in [-0.39, 0.29) is 0 Å². The fraction of sp³-hybridized carbons (Fsp3) is 0.750. The lowest BCUT2D eigenvalue weighted by atomic mass is 10.3. The maximum atomic E-state index is 5.96. The first kappa shape index (κ1) is 14.6. The van der Waals surface area contributed by atoms with Gasteiger partial charge in [-0.05, 0) is 46.6 Å². The summed E-state index contributed by atoms with van der Waals surface area (Å²) in [6.45, 7) is 6.65. The van der Waals surface area contributed by atoms with Gasteiger partial charge in [-0.15, -0.1) is 0 Å². The van der Waals surface area contributed by atoms with Gasteiger partial charge in [-0.3, -0.25) is 0 Å². The maximum absolute atomic E-state index is 5.96. The summed E-state index contributed by atoms with van der Waals surface area (Å²) < 4.78 is 5.96. The van der Waals surface area contributed by atoms with E-state index in [2.05, 4.69) is 34.2 Å². The second-order valence-electron chi connectivity index (χ2n) is 6.23. The number of hydrogen-bond acceptors (Lipinski definition) is 5. The lowest BCUT2D eigenvalue weighted by Gasteiger charge is -2.17. The Morgan fingerprint density at radius 1 is 1.24 bits per heavy atom. The van der Waals surface area contributed by atoms with Crippen LogP contribution in [0.5, 0.6) is 5.88 Å². The highest BCUT2D eigenvalue weighted by Gasteiger charge is 2.29. The lowest BCUT2D eigenvalue weighted by molar-refractivity contribution is 0.225. The molecule has 5 nitrogen and oxygen atoms in total. The third-order valence-electron chi connectivity index (χ3n) is 4.26. The fourth-order valence-electron chi connectivity index (χ4n) is 2.50. The number of nitrogens with zero attached hydrogens (tertiary/aromatic N) is 3. The number of likely N-dealkylation sites (N-methyl/N-ethyl adjacent to an activating group) is 1. The third-order valence-corrected chi connectivity index (χ3v) is 4.26. The van der Waals surface area contributed by atoms with E-state index >= 15 is 0 Å². The summed E-state index contributed by atoms with van der Waals surface area (Å²) in [5.74, 6) is 3.17. The molecule has 2 aliphatic carbocycles. The molecule has 1 heterocycles. The van der Waals surface area contributed by atoms with Crippen LogP contribution in [0.25, 0.3) is 0 Å². The van der Waals surface area contributed by atoms with Crippen LogP contribution in [-0.4, -0.2) is 47.7 Å². The van der Waals surface area contributed by atoms with Gasteiger partial charge in [0.25, 0.3) is 0 Å². The molecule has 0 atom stereocenters. The van der Waals surface area contributed by atoms with Gasteiger partial charge >= 0.3 is 0 Å². The second kappa shape index (κ2) is 6.18. The van der Waals surface area contributed by atoms with Crippen LogP contribution >= 0.6 is 0 Å². The molecule has 0 amide bonds. The summed E-state index contributed by atoms with van der Waals surface area (Å²) in [6.07, 6.45) is 5.08. The predicted octanol–water partition coefficient (Wildman–Crippen LogP) is 2.57. The van der Waals surface area contributed by atoms with Gasteiger partial charge in [0.1, 0.15) is 18.2 Å². The standard InChI is InChI=1S/C16H26N4O/c1-4-17-14-11(2)16(19-15(18-14)12-5-6-12)21-10-9-20(3)13-7-8-13/h12-13H,4-10H2,1-3H3,(H,17,18,19). The molecular weight excluding hydrogens is 264 g/mol. The van der Waals surface area contributed by atoms with Crippen molar-refractivity contribution in [3.63, 3.8) is 0 Å². The molecule has 2 aliphatic rings. The number of aromatic nitrogens is 2. The quantitative estimate of drug-likeness (QED) is 0.797. The van der Waals surface area contributed by atoms with Crippen LogP contribution in [-0.2, 0) is 0 Å². The molecule has 2 saturated carbocycles. The van der Waals surface area contributed by atoms with Crippen molar-refractivity contribution in [3.05, 3.63) is 11.4 Å². The highest BCUT2D eigenvalue weighted by atomic mass is 16.5. The SMILES string of the molecule is CCNc1nc(C2CC2)nc(OCCN(C)C2CC2)c1C. The molecule has 0 saturated heterocycles. The van der Waals surface area contributed by atoms with Crippen LogP contribution in [0, 0.1) is 6.92 Å². The van der Waals surface area contributed by atoms with E-state index in [9.17, 15) is 0 Å². The molecule has 116 valence electrons. The van der Waals surface area contributed by atoms with Gasteiger partial charge in [0.05, 0.1) is 5.56 Å². The van der Waals surface area contributed by atoms with Crippen molar-refractivity contribution in [2.24, 2.45) is 0 Å². The number of anilines is 1. The lowest BCUT2D eigenvalue weighted by Crippen LogP contribution is -2.26. The topological polar surface area (TPSA) is 50.3 Å². The van der Waals surface area contributed by atoms with Gasteiger partial charge in [-0.1, -0.05) is 0 Å². The van der Waals surface area contributed by atoms with Crippen LogP contribution in [0.2, 0.25) is 0 Å². The Morgan fingerprint density at radius 2 is 2.00 bits per heavy atom. The minimum Gasteiger partial charge on any atom is -0.476 e. The molecule has 1 aromatic heterocycles. The van der Waals surface area contributed by atoms with Crippen molar-refractivity contribution in [1.29, 1.82) is 0 Å². The minimum atomic E-state index is 0.541. The van der Waals surface area contributed by atoms with Gasteiger partial charge in [0.15, 0.2) is 0 Å². The Bertz CT molecular complexity index is 497. The summed E-state index contributed by atoms with van der Waals surface area (Å²) in [6, 6.07) is 0.777. The van der Waals surface area contributed by atoms with Crippen molar-refractivity contribution >= 4 is 5.82 Å². The number of rotatable bonds is 8. The molecular formula is C16H26N4O. The van der Waals surface area contributed by atoms with Crippen LogP contribution in [0.3, 0.4) is 0 Å². The van der Waals surface area contributed by atoms with Crippen LogP contribution in [0.4, 0.5) is 5.82 Å². The van der Waals surface area contributed by atoms with Crippen molar-refractivity contribution in [2.75, 3.05) is 32.1 Å². The first-order valence-electron chi connectivity index (χ1n) is 8.14. The Balaban J connectivity index is 1.66. The first-order valence-corrected chi connectivity index (χ1v) is 8.14. The van der Waals surface area contributed by atoms with Gasteiger partial charge in [0, 0.05) is 25.0 Å². The van der Waals surface area contributed by atoms with Crippen molar-refractivity contribution < 1.29 is 4.74 Å². The smallest absolute Gasteiger partial charge is 0.221 e. The van der Waals surface area contributed by atoms with E-state index in [1.54, 1.807) is 0 Å². The molecule has 0 radical (unpaired) electrons. The Hall–Kier alpha value is -1.36. The van der Waals surface area contributed by atoms with Crippen LogP contribution in [0.1, 0.15) is 49.9 Å². The molecule has 21 heavy (non-hydrogen) atoms. The van der Waals surface area contributed by atoms with Crippen molar-refractivity contribution in [3.8, 4) is 5.88 Å². The van der Waals surface area contributed by atoms with E-state index in [1.165, 1.54) is 25.7 Å². The predicted molar refractivity (Wildman–Crippen MR) is 84.1 cm³/mol. The third kappa shape index (κ3) is 3.64. The summed E-state index contributed by atoms with van der Waals surface area (Å²) in [5, 5.41) is 3.33. The largest absolute Gasteiger partial charge is 0.476 e. The monoisotopic (exact) mass is 290 g/mol. The molecule has 0 aliphatic heterocycles. The van der Waals surface area contributed by atoms with Crippen LogP contribution < -0.4 is 10.1 Å². The van der Waals surface area contributed by atoms with E-state index in [1.807, 2.05) is 6.92 Å². The number of ether oxygens (including phenoxy) is 1. The Morgan fingerprint density at radius 3 is 2.62 bits per heavy atom. The zero-order valence-corrected chi connectivity index (χ0v) is 13.4. The molecule has 3 rings (SSSR count). The van der Waals surface area contributed by atoms with E-state index in [4.69, 9.17) is 4.74 Å². The maximum Gasteiger partial charge on any atom is 0.221 e. The van der Waals surface area contributed by atoms with Crippen molar-refractivity contribution in [1.82, 2.24) is 14.9 Å². The van der Waals surface area contributed by atoms with Gasteiger partial charge in [-0.2, -0.15) is 4.98 Å². The first-order chi connectivity index (χ1) is 10.2. The summed E-state index contributed by atoms with van der Waals surface area (Å²) >= 11 is 0. The minimum absolute atomic E-state index is 0.541. The normalized spacial score (nSPS) is 18.1. The Labute approximate surface area is 127 Å². The second-order valence-corrected chi connectivity index (χ2v) is 6.23. The van der Waals surface area contributed by atoms with Gasteiger partial charge in [-0.25, -0.2) is 4.98 Å². The zero-order chi connectivity index (χ0) is 14.8. The van der Waals surface area contributed by atoms with E-state index < -0.39 is 0 Å². The zero-order valence-electron chi connectivity index (χ0n) is 13.4. The number of nitrogens with one attached hydrogen (secondary N) is 1. The molecule has 5 heteroatoms. The summed E-state index contributed by atoms with van der Waals surface area (Å²) in [7, 11) is 2.17. The summed E-state index contributed by atoms with van der Waals surface area (Å²) in [5.41, 5.74) is 1.02. The average Bonchev–Trinajstić information content (AvgIpc) is 3.34. The highest BCUT2D eigenvalue weighted by molar-refractivity contribution is 5.49. The van der Waals surface area contributed by atoms with Crippen molar-refractivity contribution in [2.45, 2.75) is 51.5 Å². The molecule has 0 aromatic carbocycles. The molecule has 0 unspecified atom stereocenters. The van der Waals surface area contributed by atoms with Gasteiger partial charge < -0.3 is 15.0 Å². The van der Waals surface area contributed by atoms with E-state index in [0.29, 0.717) is 12.5 Å². The highest BCUT2D eigenvalue weighted by Crippen LogP contribution is 2.39. The van der Waals surface area contributed by atoms with Gasteiger partial charge in [0.2, 0.25) is 5.88 Å². The Kier molecular flexibility index (Phi) is 4.29. The summed E-state index contributed by atoms with van der Waals surface area (Å²) in [4.78, 5) is 11.7. The molecule has 0 bridgehead atoms. The molecule has 2 fully saturated rings. The fourth-order valence-corrected chi connectivity index (χ4v) is 2.50. The van der Waals surface area contributed by atoms with Crippen LogP contribution in [0.15, 0.2) is 0 Å². The molecule has 0 spiro atoms. The van der Waals surface area contributed by atoms with E-state index in [0.717, 1.165) is 42.2 Å². The molecule has 1 N–H and O–H groups in total. The molecule has 1 aromatic rings. The average molecular weight is 290 g/mol. The number of hydrogen-bond donors (Lipinski definition) is 1.